The van der Waals surface area contributed by atoms with Crippen LogP contribution in [0.2, 0.25) is 0 Å². The van der Waals surface area contributed by atoms with Gasteiger partial charge < -0.3 is 4.90 Å². The molecule has 82 valence electrons. The highest BCUT2D eigenvalue weighted by atomic mass is 32.1. The van der Waals surface area contributed by atoms with E-state index >= 15 is 0 Å². The summed E-state index contributed by atoms with van der Waals surface area (Å²) in [6.45, 7) is 2.09. The van der Waals surface area contributed by atoms with Crippen molar-refractivity contribution in [3.63, 3.8) is 0 Å². The standard InChI is InChI=1S/C10H17F2NS/c11-10(12)3-5-13(6-4-10)7-9(8-14)1-2-9/h14H,1-8H2. The van der Waals surface area contributed by atoms with Crippen molar-refractivity contribution in [3.8, 4) is 0 Å². The van der Waals surface area contributed by atoms with Gasteiger partial charge in [-0.05, 0) is 24.0 Å². The molecular formula is C10H17F2NS. The van der Waals surface area contributed by atoms with Gasteiger partial charge in [0.1, 0.15) is 0 Å². The van der Waals surface area contributed by atoms with Gasteiger partial charge in [-0.25, -0.2) is 8.78 Å². The molecule has 0 aromatic rings. The van der Waals surface area contributed by atoms with Gasteiger partial charge in [0, 0.05) is 32.5 Å². The summed E-state index contributed by atoms with van der Waals surface area (Å²) in [6.07, 6.45) is 2.53. The second kappa shape index (κ2) is 3.63. The second-order valence-electron chi connectivity index (χ2n) is 4.79. The van der Waals surface area contributed by atoms with E-state index in [1.165, 1.54) is 12.8 Å². The smallest absolute Gasteiger partial charge is 0.250 e. The Morgan fingerprint density at radius 2 is 1.64 bits per heavy atom. The maximum atomic E-state index is 12.9. The van der Waals surface area contributed by atoms with Crippen molar-refractivity contribution >= 4 is 12.6 Å². The van der Waals surface area contributed by atoms with E-state index in [1.807, 2.05) is 0 Å². The van der Waals surface area contributed by atoms with Gasteiger partial charge in [-0.15, -0.1) is 0 Å². The third-order valence-corrected chi connectivity index (χ3v) is 4.11. The molecule has 2 aliphatic rings. The fraction of sp³-hybridized carbons (Fsp3) is 1.00. The Bertz CT molecular complexity index is 206. The summed E-state index contributed by atoms with van der Waals surface area (Å²) < 4.78 is 25.7. The molecule has 0 unspecified atom stereocenters. The van der Waals surface area contributed by atoms with Crippen LogP contribution in [0.15, 0.2) is 0 Å². The summed E-state index contributed by atoms with van der Waals surface area (Å²) >= 11 is 4.32. The molecule has 1 aliphatic heterocycles. The Kier molecular flexibility index (Phi) is 2.77. The van der Waals surface area contributed by atoms with Crippen LogP contribution >= 0.6 is 12.6 Å². The van der Waals surface area contributed by atoms with E-state index in [4.69, 9.17) is 0 Å². The van der Waals surface area contributed by atoms with Crippen molar-refractivity contribution in [2.45, 2.75) is 31.6 Å². The van der Waals surface area contributed by atoms with Gasteiger partial charge in [-0.1, -0.05) is 0 Å². The lowest BCUT2D eigenvalue weighted by Crippen LogP contribution is -2.42. The molecule has 0 aromatic carbocycles. The SMILES string of the molecule is FC1(F)CCN(CC2(CS)CC2)CC1. The first-order valence-corrected chi connectivity index (χ1v) is 5.90. The van der Waals surface area contributed by atoms with Crippen molar-refractivity contribution < 1.29 is 8.78 Å². The first-order chi connectivity index (χ1) is 6.55. The zero-order valence-corrected chi connectivity index (χ0v) is 9.20. The predicted octanol–water partition coefficient (Wildman–Crippen LogP) is 2.43. The summed E-state index contributed by atoms with van der Waals surface area (Å²) in [6, 6.07) is 0. The van der Waals surface area contributed by atoms with Crippen molar-refractivity contribution in [3.05, 3.63) is 0 Å². The minimum atomic E-state index is -2.41. The quantitative estimate of drug-likeness (QED) is 0.716. The highest BCUT2D eigenvalue weighted by Gasteiger charge is 2.44. The van der Waals surface area contributed by atoms with Crippen molar-refractivity contribution in [2.24, 2.45) is 5.41 Å². The number of halogens is 2. The van der Waals surface area contributed by atoms with Crippen LogP contribution in [-0.4, -0.2) is 36.2 Å². The highest BCUT2D eigenvalue weighted by Crippen LogP contribution is 2.47. The molecule has 1 saturated heterocycles. The van der Waals surface area contributed by atoms with Crippen LogP contribution in [0.5, 0.6) is 0 Å². The van der Waals surface area contributed by atoms with E-state index in [0.29, 0.717) is 18.5 Å². The molecule has 4 heteroatoms. The van der Waals surface area contributed by atoms with Crippen LogP contribution in [0.25, 0.3) is 0 Å². The molecule has 1 aliphatic carbocycles. The monoisotopic (exact) mass is 221 g/mol. The van der Waals surface area contributed by atoms with Crippen LogP contribution in [0.3, 0.4) is 0 Å². The molecule has 0 atom stereocenters. The Morgan fingerprint density at radius 1 is 1.07 bits per heavy atom. The number of rotatable bonds is 3. The topological polar surface area (TPSA) is 3.24 Å². The summed E-state index contributed by atoms with van der Waals surface area (Å²) in [5.41, 5.74) is 0.371. The molecule has 1 heterocycles. The molecule has 2 rings (SSSR count). The molecule has 1 saturated carbocycles. The van der Waals surface area contributed by atoms with Crippen LogP contribution in [0.1, 0.15) is 25.7 Å². The largest absolute Gasteiger partial charge is 0.302 e. The number of nitrogens with zero attached hydrogens (tertiary/aromatic N) is 1. The van der Waals surface area contributed by atoms with E-state index in [-0.39, 0.29) is 12.8 Å². The molecule has 0 N–H and O–H groups in total. The van der Waals surface area contributed by atoms with Crippen LogP contribution in [0, 0.1) is 5.41 Å². The van der Waals surface area contributed by atoms with Crippen LogP contribution in [0.4, 0.5) is 8.78 Å². The molecular weight excluding hydrogens is 204 g/mol. The Hall–Kier alpha value is 0.170. The predicted molar refractivity (Wildman–Crippen MR) is 56.1 cm³/mol. The summed E-state index contributed by atoms with van der Waals surface area (Å²) in [7, 11) is 0. The molecule has 1 nitrogen and oxygen atoms in total. The highest BCUT2D eigenvalue weighted by molar-refractivity contribution is 7.80. The van der Waals surface area contributed by atoms with Crippen molar-refractivity contribution in [1.82, 2.24) is 4.90 Å². The third-order valence-electron chi connectivity index (χ3n) is 3.44. The van der Waals surface area contributed by atoms with Crippen molar-refractivity contribution in [1.29, 1.82) is 0 Å². The summed E-state index contributed by atoms with van der Waals surface area (Å²) in [5.74, 6) is -1.51. The number of thiol groups is 1. The third kappa shape index (κ3) is 2.40. The second-order valence-corrected chi connectivity index (χ2v) is 5.11. The van der Waals surface area contributed by atoms with E-state index < -0.39 is 5.92 Å². The lowest BCUT2D eigenvalue weighted by atomic mass is 10.0. The van der Waals surface area contributed by atoms with Gasteiger partial charge in [0.15, 0.2) is 0 Å². The van der Waals surface area contributed by atoms with Crippen LogP contribution < -0.4 is 0 Å². The first kappa shape index (κ1) is 10.7. The average molecular weight is 221 g/mol. The maximum Gasteiger partial charge on any atom is 0.250 e. The normalized spacial score (nSPS) is 30.2. The van der Waals surface area contributed by atoms with Gasteiger partial charge >= 0.3 is 0 Å². The molecule has 0 spiro atoms. The van der Waals surface area contributed by atoms with Gasteiger partial charge in [-0.2, -0.15) is 12.6 Å². The number of hydrogen-bond acceptors (Lipinski definition) is 2. The minimum Gasteiger partial charge on any atom is -0.302 e. The number of hydrogen-bond donors (Lipinski definition) is 1. The molecule has 2 fully saturated rings. The molecule has 0 aromatic heterocycles. The molecule has 0 radical (unpaired) electrons. The van der Waals surface area contributed by atoms with Gasteiger partial charge in [-0.3, -0.25) is 0 Å². The van der Waals surface area contributed by atoms with Gasteiger partial charge in [0.25, 0.3) is 5.92 Å². The average Bonchev–Trinajstić information content (AvgIpc) is 2.90. The lowest BCUT2D eigenvalue weighted by Gasteiger charge is -2.33. The van der Waals surface area contributed by atoms with Gasteiger partial charge in [0.05, 0.1) is 0 Å². The zero-order chi connectivity index (χ0) is 10.2. The first-order valence-electron chi connectivity index (χ1n) is 5.26. The van der Waals surface area contributed by atoms with E-state index in [1.54, 1.807) is 0 Å². The Labute approximate surface area is 89.3 Å². The van der Waals surface area contributed by atoms with E-state index in [2.05, 4.69) is 17.5 Å². The molecule has 0 amide bonds. The fourth-order valence-corrected chi connectivity index (χ4v) is 2.47. The maximum absolute atomic E-state index is 12.9. The summed E-state index contributed by atoms with van der Waals surface area (Å²) in [4.78, 5) is 2.18. The fourth-order valence-electron chi connectivity index (χ4n) is 2.06. The zero-order valence-electron chi connectivity index (χ0n) is 8.31. The Balaban J connectivity index is 1.79. The Morgan fingerprint density at radius 3 is 2.07 bits per heavy atom. The van der Waals surface area contributed by atoms with E-state index in [9.17, 15) is 8.78 Å². The molecule has 0 bridgehead atoms. The summed E-state index contributed by atoms with van der Waals surface area (Å²) in [5, 5.41) is 0. The number of alkyl halides is 2. The van der Waals surface area contributed by atoms with Crippen LogP contribution in [-0.2, 0) is 0 Å². The van der Waals surface area contributed by atoms with Gasteiger partial charge in [0.2, 0.25) is 0 Å². The van der Waals surface area contributed by atoms with Crippen molar-refractivity contribution in [2.75, 3.05) is 25.4 Å². The lowest BCUT2D eigenvalue weighted by molar-refractivity contribution is -0.0575. The van der Waals surface area contributed by atoms with E-state index in [0.717, 1.165) is 12.3 Å². The number of piperidine rings is 1. The molecule has 14 heavy (non-hydrogen) atoms. The minimum absolute atomic E-state index is 0.0374. The number of likely N-dealkylation sites (tertiary alicyclic amines) is 1.